The molecule has 0 spiro atoms. The van der Waals surface area contributed by atoms with Gasteiger partial charge in [-0.1, -0.05) is 28.1 Å². The number of hydrogen-bond donors (Lipinski definition) is 1. The Morgan fingerprint density at radius 2 is 2.00 bits per heavy atom. The van der Waals surface area contributed by atoms with E-state index in [9.17, 15) is 4.79 Å². The first kappa shape index (κ1) is 11.3. The fourth-order valence-electron chi connectivity index (χ4n) is 1.33. The van der Waals surface area contributed by atoms with Crippen LogP contribution in [0.4, 0.5) is 0 Å². The Labute approximate surface area is 103 Å². The van der Waals surface area contributed by atoms with Crippen LogP contribution in [0.15, 0.2) is 33.8 Å². The Kier molecular flexibility index (Phi) is 3.39. The van der Waals surface area contributed by atoms with E-state index in [1.807, 2.05) is 31.2 Å². The molecule has 16 heavy (non-hydrogen) atoms. The molecule has 4 heteroatoms. The molecule has 3 nitrogen and oxygen atoms in total. The lowest BCUT2D eigenvalue weighted by molar-refractivity contribution is -0.122. The summed E-state index contributed by atoms with van der Waals surface area (Å²) in [5.41, 5.74) is 4.43. The van der Waals surface area contributed by atoms with Crippen LogP contribution in [0, 0.1) is 5.92 Å². The summed E-state index contributed by atoms with van der Waals surface area (Å²) >= 11 is 3.37. The minimum atomic E-state index is 0.0384. The summed E-state index contributed by atoms with van der Waals surface area (Å²) in [4.78, 5) is 11.4. The topological polar surface area (TPSA) is 41.5 Å². The van der Waals surface area contributed by atoms with Crippen LogP contribution in [0.2, 0.25) is 0 Å². The van der Waals surface area contributed by atoms with Gasteiger partial charge in [0, 0.05) is 10.4 Å². The van der Waals surface area contributed by atoms with Gasteiger partial charge in [0.25, 0.3) is 0 Å². The standard InChI is InChI=1S/C12H13BrN2O/c1-8(9-4-6-11(13)7-5-9)14-15-12(16)10-2-3-10/h4-7,10H,2-3H2,1H3,(H,15,16)/b14-8-. The molecule has 0 aliphatic heterocycles. The van der Waals surface area contributed by atoms with Crippen LogP contribution in [0.1, 0.15) is 25.3 Å². The van der Waals surface area contributed by atoms with Crippen molar-refractivity contribution in [1.29, 1.82) is 0 Å². The van der Waals surface area contributed by atoms with Crippen LogP contribution >= 0.6 is 15.9 Å². The third kappa shape index (κ3) is 2.92. The lowest BCUT2D eigenvalue weighted by atomic mass is 10.1. The minimum absolute atomic E-state index is 0.0384. The summed E-state index contributed by atoms with van der Waals surface area (Å²) in [7, 11) is 0. The number of nitrogens with one attached hydrogen (secondary N) is 1. The maximum atomic E-state index is 11.4. The minimum Gasteiger partial charge on any atom is -0.273 e. The second-order valence-corrected chi connectivity index (χ2v) is 4.87. The number of hydrogen-bond acceptors (Lipinski definition) is 2. The summed E-state index contributed by atoms with van der Waals surface area (Å²) in [6.45, 7) is 1.89. The third-order valence-electron chi connectivity index (χ3n) is 2.54. The van der Waals surface area contributed by atoms with Crippen LogP contribution in [0.3, 0.4) is 0 Å². The first-order valence-electron chi connectivity index (χ1n) is 5.27. The smallest absolute Gasteiger partial charge is 0.243 e. The van der Waals surface area contributed by atoms with Gasteiger partial charge in [-0.05, 0) is 37.5 Å². The molecule has 1 aliphatic rings. The van der Waals surface area contributed by atoms with Crippen molar-refractivity contribution in [3.63, 3.8) is 0 Å². The third-order valence-corrected chi connectivity index (χ3v) is 3.07. The highest BCUT2D eigenvalue weighted by atomic mass is 79.9. The van der Waals surface area contributed by atoms with E-state index in [0.29, 0.717) is 0 Å². The van der Waals surface area contributed by atoms with Crippen LogP contribution < -0.4 is 5.43 Å². The predicted molar refractivity (Wildman–Crippen MR) is 67.2 cm³/mol. The summed E-state index contributed by atoms with van der Waals surface area (Å²) < 4.78 is 1.03. The fourth-order valence-corrected chi connectivity index (χ4v) is 1.60. The molecule has 0 bridgehead atoms. The Hall–Kier alpha value is -1.16. The van der Waals surface area contributed by atoms with Gasteiger partial charge in [-0.3, -0.25) is 4.79 Å². The molecule has 1 N–H and O–H groups in total. The van der Waals surface area contributed by atoms with Gasteiger partial charge in [0.05, 0.1) is 5.71 Å². The van der Waals surface area contributed by atoms with Crippen molar-refractivity contribution >= 4 is 27.5 Å². The molecular formula is C12H13BrN2O. The monoisotopic (exact) mass is 280 g/mol. The molecule has 0 saturated heterocycles. The molecule has 0 unspecified atom stereocenters. The highest BCUT2D eigenvalue weighted by Crippen LogP contribution is 2.28. The highest BCUT2D eigenvalue weighted by Gasteiger charge is 2.29. The fraction of sp³-hybridized carbons (Fsp3) is 0.333. The molecule has 1 aliphatic carbocycles. The van der Waals surface area contributed by atoms with Gasteiger partial charge in [-0.25, -0.2) is 5.43 Å². The van der Waals surface area contributed by atoms with Crippen LogP contribution in [0.25, 0.3) is 0 Å². The molecule has 1 fully saturated rings. The van der Waals surface area contributed by atoms with Gasteiger partial charge in [0.15, 0.2) is 0 Å². The molecule has 1 aromatic rings. The first-order chi connectivity index (χ1) is 7.66. The quantitative estimate of drug-likeness (QED) is 0.671. The van der Waals surface area contributed by atoms with E-state index in [1.165, 1.54) is 0 Å². The maximum absolute atomic E-state index is 11.4. The van der Waals surface area contributed by atoms with Gasteiger partial charge < -0.3 is 0 Å². The molecule has 2 rings (SSSR count). The molecule has 0 aromatic heterocycles. The van der Waals surface area contributed by atoms with Crippen molar-refractivity contribution in [3.8, 4) is 0 Å². The molecule has 1 amide bonds. The summed E-state index contributed by atoms with van der Waals surface area (Å²) in [6, 6.07) is 7.84. The van der Waals surface area contributed by atoms with E-state index in [1.54, 1.807) is 0 Å². The SMILES string of the molecule is C/C(=N/NC(=O)C1CC1)c1ccc(Br)cc1. The van der Waals surface area contributed by atoms with Gasteiger partial charge in [-0.15, -0.1) is 0 Å². The van der Waals surface area contributed by atoms with Crippen molar-refractivity contribution in [2.24, 2.45) is 11.0 Å². The van der Waals surface area contributed by atoms with E-state index in [0.717, 1.165) is 28.6 Å². The van der Waals surface area contributed by atoms with E-state index in [4.69, 9.17) is 0 Å². The molecule has 1 saturated carbocycles. The number of rotatable bonds is 3. The second kappa shape index (κ2) is 4.78. The lowest BCUT2D eigenvalue weighted by Crippen LogP contribution is -2.20. The van der Waals surface area contributed by atoms with Crippen molar-refractivity contribution in [3.05, 3.63) is 34.3 Å². The van der Waals surface area contributed by atoms with Crippen molar-refractivity contribution < 1.29 is 4.79 Å². The predicted octanol–water partition coefficient (Wildman–Crippen LogP) is 2.70. The van der Waals surface area contributed by atoms with Gasteiger partial charge in [0.2, 0.25) is 5.91 Å². The molecule has 1 aromatic carbocycles. The Balaban J connectivity index is 2.00. The normalized spacial score (nSPS) is 16.0. The summed E-state index contributed by atoms with van der Waals surface area (Å²) in [6.07, 6.45) is 2.00. The van der Waals surface area contributed by atoms with E-state index in [2.05, 4.69) is 26.5 Å². The Bertz CT molecular complexity index is 421. The van der Waals surface area contributed by atoms with Crippen molar-refractivity contribution in [2.75, 3.05) is 0 Å². The number of halogens is 1. The highest BCUT2D eigenvalue weighted by molar-refractivity contribution is 9.10. The molecular weight excluding hydrogens is 268 g/mol. The zero-order valence-electron chi connectivity index (χ0n) is 9.03. The average Bonchev–Trinajstić information content (AvgIpc) is 3.10. The first-order valence-corrected chi connectivity index (χ1v) is 6.06. The number of carbonyl (C=O) groups excluding carboxylic acids is 1. The summed E-state index contributed by atoms with van der Waals surface area (Å²) in [5.74, 6) is 0.234. The molecule has 0 heterocycles. The number of nitrogens with zero attached hydrogens (tertiary/aromatic N) is 1. The maximum Gasteiger partial charge on any atom is 0.243 e. The zero-order chi connectivity index (χ0) is 11.5. The Morgan fingerprint density at radius 3 is 2.56 bits per heavy atom. The number of benzene rings is 1. The van der Waals surface area contributed by atoms with Crippen molar-refractivity contribution in [1.82, 2.24) is 5.43 Å². The van der Waals surface area contributed by atoms with Crippen molar-refractivity contribution in [2.45, 2.75) is 19.8 Å². The Morgan fingerprint density at radius 1 is 1.38 bits per heavy atom. The van der Waals surface area contributed by atoms with Crippen LogP contribution in [-0.4, -0.2) is 11.6 Å². The largest absolute Gasteiger partial charge is 0.273 e. The zero-order valence-corrected chi connectivity index (χ0v) is 10.6. The number of hydrazone groups is 1. The second-order valence-electron chi connectivity index (χ2n) is 3.95. The molecule has 84 valence electrons. The average molecular weight is 281 g/mol. The van der Waals surface area contributed by atoms with Gasteiger partial charge in [0.1, 0.15) is 0 Å². The van der Waals surface area contributed by atoms with Crippen LogP contribution in [-0.2, 0) is 4.79 Å². The van der Waals surface area contributed by atoms with E-state index in [-0.39, 0.29) is 11.8 Å². The van der Waals surface area contributed by atoms with Gasteiger partial charge >= 0.3 is 0 Å². The molecule has 0 radical (unpaired) electrons. The van der Waals surface area contributed by atoms with E-state index >= 15 is 0 Å². The van der Waals surface area contributed by atoms with Gasteiger partial charge in [-0.2, -0.15) is 5.10 Å². The molecule has 0 atom stereocenters. The number of amides is 1. The summed E-state index contributed by atoms with van der Waals surface area (Å²) in [5, 5.41) is 4.09. The van der Waals surface area contributed by atoms with Crippen LogP contribution in [0.5, 0.6) is 0 Å². The number of carbonyl (C=O) groups is 1. The van der Waals surface area contributed by atoms with E-state index < -0.39 is 0 Å². The lowest BCUT2D eigenvalue weighted by Gasteiger charge is -2.02.